The topological polar surface area (TPSA) is 711 Å². The summed E-state index contributed by atoms with van der Waals surface area (Å²) < 4.78 is 215. The molecular formula is C36H60F6N12O18Sb6. The summed E-state index contributed by atoms with van der Waals surface area (Å²) in [6.07, 6.45) is 0. The van der Waals surface area contributed by atoms with Crippen LogP contribution in [-0.4, -0.2) is 121 Å². The third kappa shape index (κ3) is 95.9. The number of quaternary nitrogens is 12. The number of hydrogen-bond donors (Lipinski definition) is 12. The molecule has 6 aromatic carbocycles. The van der Waals surface area contributed by atoms with E-state index in [-0.39, 0.29) is 0 Å². The van der Waals surface area contributed by atoms with E-state index in [0.717, 1.165) is 68.2 Å². The molecule has 0 spiro atoms. The van der Waals surface area contributed by atoms with Crippen LogP contribution in [0.5, 0.6) is 0 Å². The predicted octanol–water partition coefficient (Wildman–Crippen LogP) is -18.1. The Bertz CT molecular complexity index is 2200. The van der Waals surface area contributed by atoms with Gasteiger partial charge < -0.3 is 68.8 Å². The van der Waals surface area contributed by atoms with Crippen LogP contribution in [0.2, 0.25) is 0 Å². The van der Waals surface area contributed by atoms with Gasteiger partial charge >= 0.3 is 197 Å². The van der Waals surface area contributed by atoms with Gasteiger partial charge in [0.15, 0.2) is 68.2 Å². The van der Waals surface area contributed by atoms with Gasteiger partial charge in [0.2, 0.25) is 0 Å². The van der Waals surface area contributed by atoms with Crippen molar-refractivity contribution < 1.29 is 144 Å². The van der Waals surface area contributed by atoms with Crippen LogP contribution < -0.4 is 109 Å². The standard InChI is InChI=1S/6C6H8N2.6FH.18O.6Sb/c6*7-5-3-1-2-4-6(5)8;;;;;;;;;;;;;;;;;;;;;;;;;;;;;;/h6*1-4H,7-8H2;6*1H;;;;;;;;;;;;;;;;;;;;;;;;/q;;;;;;;;;;;;;;;;;;12*-1;6*+1/p+6. The van der Waals surface area contributed by atoms with Crippen LogP contribution in [0.15, 0.2) is 146 Å². The molecule has 36 N–H and O–H groups in total. The van der Waals surface area contributed by atoms with Gasteiger partial charge in [-0.2, -0.15) is 0 Å². The van der Waals surface area contributed by atoms with Gasteiger partial charge in [0.1, 0.15) is 0 Å². The quantitative estimate of drug-likeness (QED) is 0.0496. The molecule has 0 unspecified atom stereocenters. The summed E-state index contributed by atoms with van der Waals surface area (Å²) in [6.45, 7) is 0. The van der Waals surface area contributed by atoms with Gasteiger partial charge in [-0.05, 0) is 0 Å². The molecule has 30 nitrogen and oxygen atoms in total. The molecule has 444 valence electrons. The minimum absolute atomic E-state index is 1.01. The molecule has 0 amide bonds. The molecule has 0 bridgehead atoms. The van der Waals surface area contributed by atoms with Gasteiger partial charge in [-0.3, -0.25) is 0 Å². The zero-order valence-electron chi connectivity index (χ0n) is 40.6. The summed E-state index contributed by atoms with van der Waals surface area (Å²) >= 11 is -38.1. The second-order valence-corrected chi connectivity index (χ2v) is 27.9. The second-order valence-electron chi connectivity index (χ2n) is 13.2. The van der Waals surface area contributed by atoms with Crippen LogP contribution in [0.4, 0.5) is 85.1 Å². The third-order valence-electron chi connectivity index (χ3n) is 6.71. The Hall–Kier alpha value is -2.35. The van der Waals surface area contributed by atoms with Crippen LogP contribution in [0.3, 0.4) is 0 Å². The molecule has 0 aliphatic heterocycles. The molecule has 78 heavy (non-hydrogen) atoms. The average molecular weight is 1790 g/mol. The number of halogens is 6. The minimum atomic E-state index is -6.35. The predicted molar refractivity (Wildman–Crippen MR) is 235 cm³/mol. The van der Waals surface area contributed by atoms with E-state index in [1.807, 2.05) is 146 Å². The van der Waals surface area contributed by atoms with E-state index in [2.05, 4.69) is 68.8 Å². The SMILES string of the molecule is [NH3+]c1ccccc1[NH3+].[NH3+]c1ccccc1[NH3+].[NH3+]c1ccccc1[NH3+].[NH3+]c1ccccc1[NH3+].[NH3+]c1ccccc1[NH3+].[NH3+]c1ccccc1[NH3+].[O]=[Sb]([O-])([O-])[F].[O]=[Sb]([O-])([O-])[F].[O]=[Sb]([O-])([O-])[F].[O]=[Sb]([O-])([O-])[F].[O]=[Sb]([O-])([O-])[F].[O]=[Sb]([O-])([O-])[F]. The van der Waals surface area contributed by atoms with Gasteiger partial charge in [0.05, 0.1) is 0 Å². The van der Waals surface area contributed by atoms with E-state index in [9.17, 15) is 16.9 Å². The molecule has 0 radical (unpaired) electrons. The van der Waals surface area contributed by atoms with Crippen LogP contribution in [0, 0.1) is 0 Å². The van der Waals surface area contributed by atoms with Gasteiger partial charge in [0, 0.05) is 72.8 Å². The van der Waals surface area contributed by atoms with Crippen molar-refractivity contribution in [3.63, 3.8) is 0 Å². The first kappa shape index (κ1) is 86.9. The van der Waals surface area contributed by atoms with Crippen LogP contribution >= 0.6 is 0 Å². The fourth-order valence-corrected chi connectivity index (χ4v) is 3.34. The number of rotatable bonds is 0. The van der Waals surface area contributed by atoms with Crippen molar-refractivity contribution >= 4 is 190 Å². The molecule has 0 aliphatic rings. The molecule has 0 atom stereocenters. The molecule has 0 saturated heterocycles. The Morgan fingerprint density at radius 2 is 0.231 bits per heavy atom. The number of benzene rings is 6. The Morgan fingerprint density at radius 1 is 0.192 bits per heavy atom. The van der Waals surface area contributed by atoms with Crippen molar-refractivity contribution in [3.05, 3.63) is 146 Å². The molecule has 0 heterocycles. The van der Waals surface area contributed by atoms with E-state index in [4.69, 9.17) is 58.7 Å². The summed E-state index contributed by atoms with van der Waals surface area (Å²) in [5, 5.41) is 0. The summed E-state index contributed by atoms with van der Waals surface area (Å²) in [5.41, 5.74) is 57.2. The average Bonchev–Trinajstić information content (AvgIpc) is 3.22. The summed E-state index contributed by atoms with van der Waals surface area (Å²) in [4.78, 5) is 0. The summed E-state index contributed by atoms with van der Waals surface area (Å²) in [5.74, 6) is 0. The first-order valence-electron chi connectivity index (χ1n) is 19.5. The zero-order valence-corrected chi connectivity index (χ0v) is 56.0. The molecule has 0 saturated carbocycles. The Labute approximate surface area is 474 Å². The first-order valence-corrected chi connectivity index (χ1v) is 44.1. The van der Waals surface area contributed by atoms with E-state index in [1.54, 1.807) is 0 Å². The Kier molecular flexibility index (Phi) is 51.4. The number of hydrogen-bond acceptors (Lipinski definition) is 18. The van der Waals surface area contributed by atoms with E-state index in [1.165, 1.54) is 0 Å². The van der Waals surface area contributed by atoms with E-state index in [0.29, 0.717) is 0 Å². The van der Waals surface area contributed by atoms with Crippen molar-refractivity contribution in [1.82, 2.24) is 0 Å². The maximum absolute atomic E-state index is 10.2. The van der Waals surface area contributed by atoms with Crippen molar-refractivity contribution in [1.29, 1.82) is 0 Å². The molecule has 42 heteroatoms. The van der Waals surface area contributed by atoms with Crippen molar-refractivity contribution in [2.75, 3.05) is 0 Å². The van der Waals surface area contributed by atoms with Crippen LogP contribution in [0.25, 0.3) is 0 Å². The van der Waals surface area contributed by atoms with Gasteiger partial charge in [-0.1, -0.05) is 72.8 Å². The van der Waals surface area contributed by atoms with Gasteiger partial charge in [0.25, 0.3) is 0 Å². The molecule has 6 aromatic rings. The second kappa shape index (κ2) is 46.2. The van der Waals surface area contributed by atoms with Gasteiger partial charge in [-0.25, -0.2) is 0 Å². The molecule has 0 aromatic heterocycles. The van der Waals surface area contributed by atoms with Crippen LogP contribution in [0.1, 0.15) is 0 Å². The molecule has 0 fully saturated rings. The van der Waals surface area contributed by atoms with Crippen LogP contribution in [-0.2, 0) is 18.1 Å². The zero-order chi connectivity index (χ0) is 62.9. The van der Waals surface area contributed by atoms with Crippen molar-refractivity contribution in [2.45, 2.75) is 0 Å². The molecule has 6 rings (SSSR count). The molecule has 0 aliphatic carbocycles. The summed E-state index contributed by atoms with van der Waals surface area (Å²) in [6, 6.07) is 46.8. The summed E-state index contributed by atoms with van der Waals surface area (Å²) in [7, 11) is 0. The maximum atomic E-state index is 10.2. The van der Waals surface area contributed by atoms with Crippen molar-refractivity contribution in [3.8, 4) is 0 Å². The van der Waals surface area contributed by atoms with E-state index < -0.39 is 121 Å². The molecular weight excluding hydrogens is 1730 g/mol. The Balaban J connectivity index is -0.000000183. The Morgan fingerprint density at radius 3 is 0.256 bits per heavy atom. The monoisotopic (exact) mass is 1790 g/mol. The fourth-order valence-electron chi connectivity index (χ4n) is 3.34. The van der Waals surface area contributed by atoms with Gasteiger partial charge in [-0.15, -0.1) is 0 Å². The normalized spacial score (nSPS) is 10.2. The first-order chi connectivity index (χ1) is 34.8. The third-order valence-corrected chi connectivity index (χ3v) is 6.71. The van der Waals surface area contributed by atoms with E-state index >= 15 is 0 Å². The van der Waals surface area contributed by atoms with Crippen molar-refractivity contribution in [2.24, 2.45) is 0 Å². The fraction of sp³-hybridized carbons (Fsp3) is 0.